The number of hydrogen-bond acceptors (Lipinski definition) is 4. The van der Waals surface area contributed by atoms with Gasteiger partial charge in [-0.15, -0.1) is 0 Å². The Morgan fingerprint density at radius 2 is 2.46 bits per heavy atom. The predicted octanol–water partition coefficient (Wildman–Crippen LogP) is 1.19. The Morgan fingerprint density at radius 3 is 3.08 bits per heavy atom. The standard InChI is InChI=1S/C9H11NO3/c1-6-8(9(11)13-3)7(12-2)4-5-10-6/h4-5H,1-3H3/i2D3. The van der Waals surface area contributed by atoms with Gasteiger partial charge in [-0.25, -0.2) is 4.79 Å². The van der Waals surface area contributed by atoms with Gasteiger partial charge in [0, 0.05) is 6.20 Å². The highest BCUT2D eigenvalue weighted by Crippen LogP contribution is 2.20. The van der Waals surface area contributed by atoms with Crippen LogP contribution in [0.15, 0.2) is 12.3 Å². The maximum atomic E-state index is 11.4. The highest BCUT2D eigenvalue weighted by atomic mass is 16.5. The van der Waals surface area contributed by atoms with Crippen LogP contribution in [0, 0.1) is 6.92 Å². The largest absolute Gasteiger partial charge is 0.496 e. The zero-order valence-corrected chi connectivity index (χ0v) is 7.33. The molecule has 0 saturated heterocycles. The van der Waals surface area contributed by atoms with Gasteiger partial charge in [-0.05, 0) is 13.0 Å². The van der Waals surface area contributed by atoms with E-state index >= 15 is 0 Å². The van der Waals surface area contributed by atoms with Gasteiger partial charge in [0.15, 0.2) is 0 Å². The quantitative estimate of drug-likeness (QED) is 0.648. The number of pyridine rings is 1. The molecule has 0 aliphatic carbocycles. The maximum absolute atomic E-state index is 11.4. The fourth-order valence-electron chi connectivity index (χ4n) is 0.978. The molecule has 0 aliphatic rings. The monoisotopic (exact) mass is 184 g/mol. The van der Waals surface area contributed by atoms with E-state index in [2.05, 4.69) is 9.72 Å². The van der Waals surface area contributed by atoms with E-state index in [4.69, 9.17) is 8.85 Å². The third kappa shape index (κ3) is 1.77. The van der Waals surface area contributed by atoms with Crippen molar-refractivity contribution in [2.24, 2.45) is 0 Å². The molecule has 4 heteroatoms. The van der Waals surface area contributed by atoms with Gasteiger partial charge in [-0.3, -0.25) is 4.98 Å². The second-order valence-electron chi connectivity index (χ2n) is 2.36. The van der Waals surface area contributed by atoms with Crippen molar-refractivity contribution in [1.29, 1.82) is 0 Å². The molecule has 0 spiro atoms. The number of esters is 1. The molecule has 13 heavy (non-hydrogen) atoms. The second-order valence-corrected chi connectivity index (χ2v) is 2.36. The van der Waals surface area contributed by atoms with E-state index in [-0.39, 0.29) is 11.3 Å². The summed E-state index contributed by atoms with van der Waals surface area (Å²) >= 11 is 0. The maximum Gasteiger partial charge on any atom is 0.343 e. The Bertz CT molecular complexity index is 403. The number of carbonyl (C=O) groups excluding carboxylic acids is 1. The number of ether oxygens (including phenoxy) is 2. The third-order valence-electron chi connectivity index (χ3n) is 1.60. The summed E-state index contributed by atoms with van der Waals surface area (Å²) in [5.41, 5.74) is 0.384. The van der Waals surface area contributed by atoms with Gasteiger partial charge in [0.05, 0.1) is 24.0 Å². The molecule has 1 rings (SSSR count). The van der Waals surface area contributed by atoms with E-state index in [1.54, 1.807) is 6.92 Å². The summed E-state index contributed by atoms with van der Waals surface area (Å²) in [7, 11) is -1.41. The molecule has 70 valence electrons. The number of aryl methyl sites for hydroxylation is 1. The minimum atomic E-state index is -2.61. The van der Waals surface area contributed by atoms with Gasteiger partial charge in [-0.1, -0.05) is 0 Å². The van der Waals surface area contributed by atoms with Gasteiger partial charge in [0.25, 0.3) is 0 Å². The Labute approximate surface area is 80.7 Å². The molecule has 1 aromatic heterocycles. The van der Waals surface area contributed by atoms with Crippen LogP contribution >= 0.6 is 0 Å². The van der Waals surface area contributed by atoms with Crippen molar-refractivity contribution in [2.45, 2.75) is 6.92 Å². The smallest absolute Gasteiger partial charge is 0.343 e. The molecule has 1 heterocycles. The van der Waals surface area contributed by atoms with E-state index in [1.165, 1.54) is 19.4 Å². The fourth-order valence-corrected chi connectivity index (χ4v) is 0.978. The molecule has 0 atom stereocenters. The average molecular weight is 184 g/mol. The molecule has 4 nitrogen and oxygen atoms in total. The minimum Gasteiger partial charge on any atom is -0.496 e. The first-order chi connectivity index (χ1) is 7.35. The van der Waals surface area contributed by atoms with Crippen molar-refractivity contribution in [2.75, 3.05) is 14.1 Å². The highest BCUT2D eigenvalue weighted by Gasteiger charge is 2.15. The second kappa shape index (κ2) is 3.89. The topological polar surface area (TPSA) is 48.4 Å². The van der Waals surface area contributed by atoms with E-state index < -0.39 is 13.0 Å². The Kier molecular flexibility index (Phi) is 1.78. The molecule has 0 radical (unpaired) electrons. The van der Waals surface area contributed by atoms with Gasteiger partial charge in [0.2, 0.25) is 0 Å². The first kappa shape index (κ1) is 5.96. The summed E-state index contributed by atoms with van der Waals surface area (Å²) in [5.74, 6) is -0.732. The van der Waals surface area contributed by atoms with Gasteiger partial charge >= 0.3 is 5.97 Å². The van der Waals surface area contributed by atoms with E-state index in [9.17, 15) is 4.79 Å². The van der Waals surface area contributed by atoms with Crippen molar-refractivity contribution >= 4 is 5.97 Å². The predicted molar refractivity (Wildman–Crippen MR) is 46.9 cm³/mol. The number of carbonyl (C=O) groups is 1. The zero-order valence-electron chi connectivity index (χ0n) is 10.3. The summed E-state index contributed by atoms with van der Waals surface area (Å²) in [5, 5.41) is 0. The van der Waals surface area contributed by atoms with E-state index in [0.717, 1.165) is 0 Å². The first-order valence-corrected chi connectivity index (χ1v) is 3.58. The summed E-state index contributed by atoms with van der Waals surface area (Å²) in [6, 6.07) is 1.31. The van der Waals surface area contributed by atoms with Crippen LogP contribution in [-0.2, 0) is 4.74 Å². The van der Waals surface area contributed by atoms with E-state index in [0.29, 0.717) is 5.69 Å². The van der Waals surface area contributed by atoms with E-state index in [1.807, 2.05) is 0 Å². The molecule has 0 aromatic carbocycles. The summed E-state index contributed by atoms with van der Waals surface area (Å²) in [4.78, 5) is 15.3. The molecule has 0 bridgehead atoms. The average Bonchev–Trinajstić information content (AvgIpc) is 2.14. The van der Waals surface area contributed by atoms with Crippen LogP contribution in [0.5, 0.6) is 5.75 Å². The molecule has 0 N–H and O–H groups in total. The van der Waals surface area contributed by atoms with Gasteiger partial charge < -0.3 is 9.47 Å². The van der Waals surface area contributed by atoms with Crippen LogP contribution in [0.3, 0.4) is 0 Å². The lowest BCUT2D eigenvalue weighted by Gasteiger charge is -2.07. The molecule has 0 unspecified atom stereocenters. The van der Waals surface area contributed by atoms with Crippen molar-refractivity contribution in [3.63, 3.8) is 0 Å². The lowest BCUT2D eigenvalue weighted by atomic mass is 10.2. The summed E-state index contributed by atoms with van der Waals surface area (Å²) < 4.78 is 30.1. The van der Waals surface area contributed by atoms with Gasteiger partial charge in [0.1, 0.15) is 11.3 Å². The lowest BCUT2D eigenvalue weighted by molar-refractivity contribution is 0.0595. The zero-order chi connectivity index (χ0) is 12.3. The molecule has 0 fully saturated rings. The molecule has 0 aliphatic heterocycles. The summed E-state index contributed by atoms with van der Waals surface area (Å²) in [6.07, 6.45) is 1.36. The van der Waals surface area contributed by atoms with Crippen LogP contribution in [-0.4, -0.2) is 25.1 Å². The first-order valence-electron chi connectivity index (χ1n) is 5.08. The SMILES string of the molecule is [2H]C([2H])([2H])Oc1ccnc(C)c1C(=O)OC. The third-order valence-corrected chi connectivity index (χ3v) is 1.60. The number of nitrogens with zero attached hydrogens (tertiary/aromatic N) is 1. The Balaban J connectivity index is 3.18. The molecular formula is C9H11NO3. The van der Waals surface area contributed by atoms with Crippen molar-refractivity contribution in [1.82, 2.24) is 4.98 Å². The van der Waals surface area contributed by atoms with Crippen LogP contribution < -0.4 is 4.74 Å². The van der Waals surface area contributed by atoms with Crippen LogP contribution in [0.25, 0.3) is 0 Å². The number of methoxy groups -OCH3 is 2. The normalized spacial score (nSPS) is 13.8. The number of hydrogen-bond donors (Lipinski definition) is 0. The highest BCUT2D eigenvalue weighted by molar-refractivity contribution is 5.93. The molecule has 0 amide bonds. The molecular weight excluding hydrogens is 170 g/mol. The minimum absolute atomic E-state index is 0.0288. The van der Waals surface area contributed by atoms with Crippen LogP contribution in [0.4, 0.5) is 0 Å². The number of rotatable bonds is 2. The Hall–Kier alpha value is -1.58. The van der Waals surface area contributed by atoms with Gasteiger partial charge in [-0.2, -0.15) is 0 Å². The number of aromatic nitrogens is 1. The van der Waals surface area contributed by atoms with Crippen LogP contribution in [0.1, 0.15) is 20.2 Å². The fraction of sp³-hybridized carbons (Fsp3) is 0.333. The summed E-state index contributed by atoms with van der Waals surface area (Å²) in [6.45, 7) is 1.57. The van der Waals surface area contributed by atoms with Crippen molar-refractivity contribution in [3.05, 3.63) is 23.5 Å². The Morgan fingerprint density at radius 1 is 1.69 bits per heavy atom. The van der Waals surface area contributed by atoms with Crippen molar-refractivity contribution < 1.29 is 18.4 Å². The van der Waals surface area contributed by atoms with Crippen molar-refractivity contribution in [3.8, 4) is 5.75 Å². The molecule has 0 saturated carbocycles. The van der Waals surface area contributed by atoms with Crippen LogP contribution in [0.2, 0.25) is 0 Å². The molecule has 1 aromatic rings. The lowest BCUT2D eigenvalue weighted by Crippen LogP contribution is -2.07.